The topological polar surface area (TPSA) is 20.2 Å². The third-order valence-electron chi connectivity index (χ3n) is 7.94. The predicted octanol–water partition coefficient (Wildman–Crippen LogP) is 4.88. The van der Waals surface area contributed by atoms with E-state index in [2.05, 4.69) is 27.7 Å². The first-order valence-corrected chi connectivity index (χ1v) is 9.13. The first-order valence-electron chi connectivity index (χ1n) is 9.13. The Morgan fingerprint density at radius 1 is 0.900 bits per heavy atom. The van der Waals surface area contributed by atoms with Crippen molar-refractivity contribution in [2.24, 2.45) is 40.9 Å². The minimum absolute atomic E-state index is 0.0214. The van der Waals surface area contributed by atoms with Crippen molar-refractivity contribution in [1.82, 2.24) is 0 Å². The van der Waals surface area contributed by atoms with Crippen molar-refractivity contribution < 1.29 is 5.11 Å². The molecule has 0 saturated heterocycles. The number of aliphatic hydroxyl groups is 1. The summed E-state index contributed by atoms with van der Waals surface area (Å²) in [6.07, 6.45) is 9.18. The monoisotopic (exact) mass is 278 g/mol. The molecule has 116 valence electrons. The Labute approximate surface area is 125 Å². The van der Waals surface area contributed by atoms with Crippen LogP contribution >= 0.6 is 0 Å². The zero-order chi connectivity index (χ0) is 14.5. The number of rotatable bonds is 0. The van der Waals surface area contributed by atoms with Crippen LogP contribution in [0, 0.1) is 40.9 Å². The van der Waals surface area contributed by atoms with Crippen LogP contribution in [0.25, 0.3) is 0 Å². The number of hydrogen-bond donors (Lipinski definition) is 1. The Morgan fingerprint density at radius 2 is 1.65 bits per heavy atom. The van der Waals surface area contributed by atoms with Gasteiger partial charge in [-0.2, -0.15) is 0 Å². The maximum absolute atomic E-state index is 10.2. The van der Waals surface area contributed by atoms with Gasteiger partial charge in [-0.1, -0.05) is 40.5 Å². The lowest BCUT2D eigenvalue weighted by atomic mass is 9.49. The largest absolute Gasteiger partial charge is 0.393 e. The summed E-state index contributed by atoms with van der Waals surface area (Å²) < 4.78 is 0. The molecule has 3 saturated carbocycles. The quantitative estimate of drug-likeness (QED) is 0.669. The lowest BCUT2D eigenvalue weighted by molar-refractivity contribution is -0.0815. The van der Waals surface area contributed by atoms with Crippen molar-refractivity contribution in [2.75, 3.05) is 0 Å². The summed E-state index contributed by atoms with van der Waals surface area (Å²) in [6, 6.07) is 0. The van der Waals surface area contributed by atoms with Crippen LogP contribution in [0.3, 0.4) is 0 Å². The molecule has 0 aliphatic heterocycles. The third-order valence-corrected chi connectivity index (χ3v) is 7.94. The molecule has 3 aliphatic carbocycles. The SMILES string of the molecule is CC1C2C[C@@H](C)CCCC2[C@@H](C)[C@H](C)C12CC[C@H](O)C2. The standard InChI is InChI=1S/C19H34O/c1-12-6-5-7-17-13(2)14(3)19(9-8-16(20)11-19)15(4)18(17)10-12/h12-18,20H,5-11H2,1-4H3/t12-,13-,14-,15?,16-,17?,18?,19?/m0/s1. The molecule has 0 aromatic carbocycles. The van der Waals surface area contributed by atoms with Crippen molar-refractivity contribution in [3.05, 3.63) is 0 Å². The second kappa shape index (κ2) is 5.30. The van der Waals surface area contributed by atoms with E-state index in [1.807, 2.05) is 0 Å². The van der Waals surface area contributed by atoms with Gasteiger partial charge in [0.25, 0.3) is 0 Å². The normalized spacial score (nSPS) is 56.5. The average molecular weight is 278 g/mol. The number of hydrogen-bond acceptors (Lipinski definition) is 1. The summed E-state index contributed by atoms with van der Waals surface area (Å²) in [5.41, 5.74) is 0.448. The molecule has 0 radical (unpaired) electrons. The van der Waals surface area contributed by atoms with Gasteiger partial charge in [0.05, 0.1) is 6.10 Å². The summed E-state index contributed by atoms with van der Waals surface area (Å²) in [5.74, 6) is 5.25. The zero-order valence-corrected chi connectivity index (χ0v) is 13.9. The third kappa shape index (κ3) is 2.16. The molecule has 3 rings (SSSR count). The van der Waals surface area contributed by atoms with Crippen molar-refractivity contribution in [3.8, 4) is 0 Å². The van der Waals surface area contributed by atoms with Crippen LogP contribution in [0.5, 0.6) is 0 Å². The van der Waals surface area contributed by atoms with E-state index >= 15 is 0 Å². The first-order chi connectivity index (χ1) is 9.45. The highest BCUT2D eigenvalue weighted by Crippen LogP contribution is 2.62. The summed E-state index contributed by atoms with van der Waals surface area (Å²) in [6.45, 7) is 10.0. The fourth-order valence-corrected chi connectivity index (χ4v) is 6.54. The summed E-state index contributed by atoms with van der Waals surface area (Å²) >= 11 is 0. The fraction of sp³-hybridized carbons (Fsp3) is 1.00. The van der Waals surface area contributed by atoms with Gasteiger partial charge < -0.3 is 5.11 Å². The number of aliphatic hydroxyl groups excluding tert-OH is 1. The maximum Gasteiger partial charge on any atom is 0.0546 e. The highest BCUT2D eigenvalue weighted by molar-refractivity contribution is 5.05. The van der Waals surface area contributed by atoms with Crippen LogP contribution in [-0.2, 0) is 0 Å². The van der Waals surface area contributed by atoms with Crippen LogP contribution in [0.1, 0.15) is 72.6 Å². The Morgan fingerprint density at radius 3 is 2.30 bits per heavy atom. The summed E-state index contributed by atoms with van der Waals surface area (Å²) in [5, 5.41) is 10.2. The van der Waals surface area contributed by atoms with Gasteiger partial charge in [-0.25, -0.2) is 0 Å². The Hall–Kier alpha value is -0.0400. The van der Waals surface area contributed by atoms with Crippen LogP contribution in [-0.4, -0.2) is 11.2 Å². The first kappa shape index (κ1) is 14.9. The van der Waals surface area contributed by atoms with Crippen molar-refractivity contribution in [2.45, 2.75) is 78.7 Å². The van der Waals surface area contributed by atoms with Gasteiger partial charge in [0.1, 0.15) is 0 Å². The highest BCUT2D eigenvalue weighted by atomic mass is 16.3. The molecule has 1 N–H and O–H groups in total. The average Bonchev–Trinajstić information content (AvgIpc) is 2.69. The second-order valence-electron chi connectivity index (χ2n) is 8.67. The fourth-order valence-electron chi connectivity index (χ4n) is 6.54. The minimum Gasteiger partial charge on any atom is -0.393 e. The Kier molecular flexibility index (Phi) is 3.95. The van der Waals surface area contributed by atoms with Gasteiger partial charge in [-0.3, -0.25) is 0 Å². The van der Waals surface area contributed by atoms with Gasteiger partial charge in [-0.05, 0) is 73.0 Å². The molecule has 0 aromatic rings. The molecule has 3 aliphatic rings. The van der Waals surface area contributed by atoms with Crippen LogP contribution < -0.4 is 0 Å². The molecule has 1 nitrogen and oxygen atoms in total. The highest BCUT2D eigenvalue weighted by Gasteiger charge is 2.56. The van der Waals surface area contributed by atoms with Crippen LogP contribution in [0.2, 0.25) is 0 Å². The van der Waals surface area contributed by atoms with Gasteiger partial charge in [-0.15, -0.1) is 0 Å². The summed E-state index contributed by atoms with van der Waals surface area (Å²) in [4.78, 5) is 0. The molecular formula is C19H34O. The smallest absolute Gasteiger partial charge is 0.0546 e. The van der Waals surface area contributed by atoms with E-state index < -0.39 is 0 Å². The molecular weight excluding hydrogens is 244 g/mol. The lowest BCUT2D eigenvalue weighted by Crippen LogP contribution is -2.50. The lowest BCUT2D eigenvalue weighted by Gasteiger charge is -2.56. The van der Waals surface area contributed by atoms with Crippen LogP contribution in [0.4, 0.5) is 0 Å². The predicted molar refractivity (Wildman–Crippen MR) is 84.4 cm³/mol. The molecule has 1 heteroatoms. The van der Waals surface area contributed by atoms with E-state index in [0.717, 1.165) is 48.3 Å². The molecule has 0 amide bonds. The van der Waals surface area contributed by atoms with E-state index in [1.54, 1.807) is 0 Å². The van der Waals surface area contributed by atoms with Crippen LogP contribution in [0.15, 0.2) is 0 Å². The van der Waals surface area contributed by atoms with Crippen molar-refractivity contribution in [3.63, 3.8) is 0 Å². The summed E-state index contributed by atoms with van der Waals surface area (Å²) in [7, 11) is 0. The molecule has 4 unspecified atom stereocenters. The Bertz CT molecular complexity index is 350. The van der Waals surface area contributed by atoms with E-state index in [-0.39, 0.29) is 6.10 Å². The minimum atomic E-state index is -0.0214. The zero-order valence-electron chi connectivity index (χ0n) is 13.9. The number of fused-ring (bicyclic) bond motifs is 1. The van der Waals surface area contributed by atoms with Gasteiger partial charge >= 0.3 is 0 Å². The molecule has 0 bridgehead atoms. The van der Waals surface area contributed by atoms with Crippen molar-refractivity contribution in [1.29, 1.82) is 0 Å². The van der Waals surface area contributed by atoms with Gasteiger partial charge in [0, 0.05) is 0 Å². The molecule has 3 fully saturated rings. The molecule has 8 atom stereocenters. The molecule has 1 spiro atoms. The molecule has 0 heterocycles. The maximum atomic E-state index is 10.2. The van der Waals surface area contributed by atoms with Gasteiger partial charge in [0.15, 0.2) is 0 Å². The van der Waals surface area contributed by atoms with Crippen molar-refractivity contribution >= 4 is 0 Å². The molecule has 0 aromatic heterocycles. The van der Waals surface area contributed by atoms with E-state index in [4.69, 9.17) is 0 Å². The van der Waals surface area contributed by atoms with E-state index in [9.17, 15) is 5.11 Å². The second-order valence-corrected chi connectivity index (χ2v) is 8.67. The van der Waals surface area contributed by atoms with Gasteiger partial charge in [0.2, 0.25) is 0 Å². The van der Waals surface area contributed by atoms with E-state index in [0.29, 0.717) is 5.41 Å². The van der Waals surface area contributed by atoms with E-state index in [1.165, 1.54) is 32.1 Å². The Balaban J connectivity index is 1.91. The molecule has 20 heavy (non-hydrogen) atoms.